The van der Waals surface area contributed by atoms with E-state index in [0.717, 1.165) is 0 Å². The van der Waals surface area contributed by atoms with Crippen LogP contribution in [0.15, 0.2) is 0 Å². The maximum Gasteiger partial charge on any atom is 0.312 e. The molecule has 0 aliphatic carbocycles. The zero-order valence-electron chi connectivity index (χ0n) is 6.27. The van der Waals surface area contributed by atoms with E-state index in [-0.39, 0.29) is 6.54 Å². The molecule has 0 aromatic heterocycles. The molecule has 1 fully saturated rings. The van der Waals surface area contributed by atoms with Crippen molar-refractivity contribution >= 4 is 29.9 Å². The van der Waals surface area contributed by atoms with Crippen molar-refractivity contribution in [3.05, 3.63) is 0 Å². The first-order valence-electron chi connectivity index (χ1n) is 3.22. The quantitative estimate of drug-likeness (QED) is 0.593. The van der Waals surface area contributed by atoms with Crippen molar-refractivity contribution in [3.8, 4) is 0 Å². The van der Waals surface area contributed by atoms with Crippen molar-refractivity contribution in [2.45, 2.75) is 18.6 Å². The zero-order chi connectivity index (χ0) is 9.57. The SMILES string of the molecule is CC1CCN(S(=O)(=O)Cl)S1(=O)=O. The van der Waals surface area contributed by atoms with E-state index >= 15 is 0 Å². The van der Waals surface area contributed by atoms with E-state index in [1.165, 1.54) is 6.92 Å². The summed E-state index contributed by atoms with van der Waals surface area (Å²) in [6.45, 7) is 1.41. The maximum absolute atomic E-state index is 11.2. The molecule has 1 rings (SSSR count). The third-order valence-electron chi connectivity index (χ3n) is 1.75. The van der Waals surface area contributed by atoms with Gasteiger partial charge < -0.3 is 0 Å². The molecule has 0 spiro atoms. The maximum atomic E-state index is 11.2. The van der Waals surface area contributed by atoms with Crippen LogP contribution in [0, 0.1) is 0 Å². The van der Waals surface area contributed by atoms with Crippen LogP contribution in [-0.2, 0) is 19.3 Å². The molecule has 1 aliphatic heterocycles. The summed E-state index contributed by atoms with van der Waals surface area (Å²) in [4.78, 5) is 0. The molecule has 0 amide bonds. The third-order valence-corrected chi connectivity index (χ3v) is 6.38. The highest BCUT2D eigenvalue weighted by Gasteiger charge is 2.42. The highest BCUT2D eigenvalue weighted by Crippen LogP contribution is 2.26. The molecule has 1 heterocycles. The summed E-state index contributed by atoms with van der Waals surface area (Å²) < 4.78 is 44.2. The van der Waals surface area contributed by atoms with Gasteiger partial charge in [-0.15, -0.1) is 0 Å². The Hall–Kier alpha value is 0.150. The molecule has 0 aromatic carbocycles. The Bertz CT molecular complexity index is 372. The first kappa shape index (κ1) is 10.2. The molecular formula is C4H8ClNO4S2. The number of hydrogen-bond acceptors (Lipinski definition) is 4. The Kier molecular flexibility index (Phi) is 2.41. The predicted molar refractivity (Wildman–Crippen MR) is 44.5 cm³/mol. The Morgan fingerprint density at radius 1 is 1.50 bits per heavy atom. The van der Waals surface area contributed by atoms with Crippen molar-refractivity contribution < 1.29 is 16.8 Å². The van der Waals surface area contributed by atoms with Crippen LogP contribution in [0.1, 0.15) is 13.3 Å². The first-order chi connectivity index (χ1) is 5.26. The number of halogens is 1. The van der Waals surface area contributed by atoms with E-state index in [4.69, 9.17) is 10.7 Å². The summed E-state index contributed by atoms with van der Waals surface area (Å²) in [5.41, 5.74) is 0. The van der Waals surface area contributed by atoms with Crippen LogP contribution in [0.25, 0.3) is 0 Å². The van der Waals surface area contributed by atoms with Crippen LogP contribution < -0.4 is 0 Å². The molecule has 0 saturated carbocycles. The van der Waals surface area contributed by atoms with Gasteiger partial charge >= 0.3 is 9.24 Å². The van der Waals surface area contributed by atoms with Crippen molar-refractivity contribution in [3.63, 3.8) is 0 Å². The van der Waals surface area contributed by atoms with Crippen molar-refractivity contribution in [1.82, 2.24) is 3.71 Å². The smallest absolute Gasteiger partial charge is 0.211 e. The highest BCUT2D eigenvalue weighted by atomic mass is 35.7. The molecule has 0 radical (unpaired) electrons. The van der Waals surface area contributed by atoms with Gasteiger partial charge in [-0.25, -0.2) is 8.42 Å². The summed E-state index contributed by atoms with van der Waals surface area (Å²) >= 11 is 0. The molecule has 1 unspecified atom stereocenters. The van der Waals surface area contributed by atoms with E-state index in [9.17, 15) is 16.8 Å². The lowest BCUT2D eigenvalue weighted by Crippen LogP contribution is -2.31. The van der Waals surface area contributed by atoms with Crippen molar-refractivity contribution in [2.24, 2.45) is 0 Å². The average molecular weight is 234 g/mol. The van der Waals surface area contributed by atoms with Crippen LogP contribution >= 0.6 is 10.7 Å². The normalized spacial score (nSPS) is 30.7. The number of rotatable bonds is 1. The van der Waals surface area contributed by atoms with Gasteiger partial charge in [-0.05, 0) is 13.3 Å². The lowest BCUT2D eigenvalue weighted by molar-refractivity contribution is 0.530. The minimum absolute atomic E-state index is 0.0463. The second-order valence-corrected chi connectivity index (χ2v) is 7.52. The van der Waals surface area contributed by atoms with Gasteiger partial charge in [0.25, 0.3) is 0 Å². The van der Waals surface area contributed by atoms with Gasteiger partial charge in [-0.3, -0.25) is 0 Å². The average Bonchev–Trinajstić information content (AvgIpc) is 2.06. The van der Waals surface area contributed by atoms with E-state index in [0.29, 0.717) is 10.1 Å². The second-order valence-electron chi connectivity index (χ2n) is 2.58. The monoisotopic (exact) mass is 233 g/mol. The van der Waals surface area contributed by atoms with Crippen LogP contribution in [0.3, 0.4) is 0 Å². The Morgan fingerprint density at radius 2 is 2.00 bits per heavy atom. The first-order valence-corrected chi connectivity index (χ1v) is 6.99. The minimum Gasteiger partial charge on any atom is -0.211 e. The molecule has 8 heteroatoms. The lowest BCUT2D eigenvalue weighted by Gasteiger charge is -2.09. The highest BCUT2D eigenvalue weighted by molar-refractivity contribution is 8.18. The van der Waals surface area contributed by atoms with Gasteiger partial charge in [0.1, 0.15) is 0 Å². The third kappa shape index (κ3) is 1.59. The second kappa shape index (κ2) is 2.83. The van der Waals surface area contributed by atoms with E-state index in [1.807, 2.05) is 0 Å². The molecule has 0 N–H and O–H groups in total. The summed E-state index contributed by atoms with van der Waals surface area (Å²) in [5, 5.41) is -0.661. The minimum atomic E-state index is -4.13. The van der Waals surface area contributed by atoms with Crippen LogP contribution in [0.5, 0.6) is 0 Å². The summed E-state index contributed by atoms with van der Waals surface area (Å²) in [7, 11) is -2.93. The van der Waals surface area contributed by atoms with Gasteiger partial charge in [0.2, 0.25) is 10.0 Å². The molecule has 0 aromatic rings. The van der Waals surface area contributed by atoms with Crippen LogP contribution in [0.4, 0.5) is 0 Å². The van der Waals surface area contributed by atoms with Crippen LogP contribution in [0.2, 0.25) is 0 Å². The van der Waals surface area contributed by atoms with Gasteiger partial charge in [0.05, 0.1) is 5.25 Å². The molecular weight excluding hydrogens is 226 g/mol. The summed E-state index contributed by atoms with van der Waals surface area (Å²) in [6.07, 6.45) is 0.300. The standard InChI is InChI=1S/C4H8ClNO4S2/c1-4-2-3-6(11(4,7)8)12(5,9)10/h4H,2-3H2,1H3. The van der Waals surface area contributed by atoms with Gasteiger partial charge in [0, 0.05) is 17.2 Å². The lowest BCUT2D eigenvalue weighted by atomic mass is 10.3. The Morgan fingerprint density at radius 3 is 2.17 bits per heavy atom. The molecule has 5 nitrogen and oxygen atoms in total. The predicted octanol–water partition coefficient (Wildman–Crippen LogP) is -0.106. The number of nitrogens with zero attached hydrogens (tertiary/aromatic N) is 1. The van der Waals surface area contributed by atoms with Crippen LogP contribution in [-0.4, -0.2) is 32.3 Å². The Labute approximate surface area is 75.9 Å². The number of hydrogen-bond donors (Lipinski definition) is 0. The van der Waals surface area contributed by atoms with Gasteiger partial charge in [0.15, 0.2) is 0 Å². The number of sulfonamides is 1. The van der Waals surface area contributed by atoms with E-state index in [2.05, 4.69) is 0 Å². The van der Waals surface area contributed by atoms with Crippen molar-refractivity contribution in [1.29, 1.82) is 0 Å². The van der Waals surface area contributed by atoms with Gasteiger partial charge in [-0.1, -0.05) is 3.71 Å². The Balaban J connectivity index is 3.16. The molecule has 0 bridgehead atoms. The zero-order valence-corrected chi connectivity index (χ0v) is 8.66. The fraction of sp³-hybridized carbons (Fsp3) is 1.00. The molecule has 1 saturated heterocycles. The van der Waals surface area contributed by atoms with E-state index in [1.54, 1.807) is 0 Å². The largest absolute Gasteiger partial charge is 0.312 e. The van der Waals surface area contributed by atoms with E-state index < -0.39 is 24.5 Å². The molecule has 72 valence electrons. The van der Waals surface area contributed by atoms with Gasteiger partial charge in [-0.2, -0.15) is 8.42 Å². The summed E-state index contributed by atoms with van der Waals surface area (Å²) in [6, 6.07) is 0. The molecule has 1 aliphatic rings. The fourth-order valence-electron chi connectivity index (χ4n) is 0.997. The fourth-order valence-corrected chi connectivity index (χ4v) is 4.83. The van der Waals surface area contributed by atoms with Crippen molar-refractivity contribution in [2.75, 3.05) is 6.54 Å². The molecule has 12 heavy (non-hydrogen) atoms. The molecule has 1 atom stereocenters. The summed E-state index contributed by atoms with van der Waals surface area (Å²) in [5.74, 6) is 0. The topological polar surface area (TPSA) is 71.5 Å².